The number of benzene rings is 7. The van der Waals surface area contributed by atoms with Gasteiger partial charge < -0.3 is 9.32 Å². The van der Waals surface area contributed by atoms with Gasteiger partial charge in [0.05, 0.1) is 5.41 Å². The third kappa shape index (κ3) is 4.32. The number of aromatic nitrogens is 1. The molecule has 0 bridgehead atoms. The Morgan fingerprint density at radius 1 is 0.447 bits per heavy atom. The molecule has 9 rings (SSSR count). The number of nitrogens with zero attached hydrogens (tertiary/aromatic N) is 2. The van der Waals surface area contributed by atoms with Gasteiger partial charge in [0.15, 0.2) is 5.58 Å². The lowest BCUT2D eigenvalue weighted by atomic mass is 9.67. The third-order valence-electron chi connectivity index (χ3n) is 9.37. The summed E-state index contributed by atoms with van der Waals surface area (Å²) in [5.41, 5.74) is 12.8. The molecular weight excluding hydrogens is 572 g/mol. The van der Waals surface area contributed by atoms with E-state index in [4.69, 9.17) is 9.40 Å². The smallest absolute Gasteiger partial charge is 0.227 e. The number of rotatable bonds is 6. The Morgan fingerprint density at radius 2 is 1.00 bits per heavy atom. The summed E-state index contributed by atoms with van der Waals surface area (Å²) in [5, 5.41) is 0. The van der Waals surface area contributed by atoms with E-state index in [1.165, 1.54) is 33.4 Å². The molecule has 0 amide bonds. The van der Waals surface area contributed by atoms with Crippen molar-refractivity contribution in [3.63, 3.8) is 0 Å². The summed E-state index contributed by atoms with van der Waals surface area (Å²) in [7, 11) is 0. The first-order chi connectivity index (χ1) is 23.3. The molecule has 0 radical (unpaired) electrons. The fourth-order valence-corrected chi connectivity index (χ4v) is 7.35. The predicted octanol–water partition coefficient (Wildman–Crippen LogP) is 11.3. The van der Waals surface area contributed by atoms with E-state index in [-0.39, 0.29) is 0 Å². The van der Waals surface area contributed by atoms with Crippen LogP contribution >= 0.6 is 0 Å². The number of oxazole rings is 1. The average molecular weight is 603 g/mol. The lowest BCUT2D eigenvalue weighted by molar-refractivity contribution is 0.620. The van der Waals surface area contributed by atoms with Crippen molar-refractivity contribution in [1.29, 1.82) is 0 Å². The summed E-state index contributed by atoms with van der Waals surface area (Å²) in [6, 6.07) is 64.6. The van der Waals surface area contributed by atoms with Gasteiger partial charge in [0, 0.05) is 28.7 Å². The second-order valence-corrected chi connectivity index (χ2v) is 12.0. The van der Waals surface area contributed by atoms with Crippen LogP contribution in [0.4, 0.5) is 17.1 Å². The van der Waals surface area contributed by atoms with Crippen molar-refractivity contribution in [3.05, 3.63) is 204 Å². The fraction of sp³-hybridized carbons (Fsp3) is 0.0227. The van der Waals surface area contributed by atoms with Crippen LogP contribution in [0, 0.1) is 0 Å². The van der Waals surface area contributed by atoms with E-state index in [1.54, 1.807) is 0 Å². The normalized spacial score (nSPS) is 12.9. The average Bonchev–Trinajstić information content (AvgIpc) is 3.71. The molecule has 0 atom stereocenters. The Labute approximate surface area is 274 Å². The summed E-state index contributed by atoms with van der Waals surface area (Å²) in [4.78, 5) is 7.11. The quantitative estimate of drug-likeness (QED) is 0.190. The molecule has 1 aliphatic rings. The highest BCUT2D eigenvalue weighted by Gasteiger charge is 2.46. The summed E-state index contributed by atoms with van der Waals surface area (Å²) < 4.78 is 6.34. The minimum absolute atomic E-state index is 0.480. The molecule has 47 heavy (non-hydrogen) atoms. The Morgan fingerprint density at radius 3 is 1.70 bits per heavy atom. The number of para-hydroxylation sites is 1. The molecule has 0 unspecified atom stereocenters. The van der Waals surface area contributed by atoms with Gasteiger partial charge in [-0.3, -0.25) is 0 Å². The Hall–Kier alpha value is -6.19. The molecule has 0 N–H and O–H groups in total. The van der Waals surface area contributed by atoms with Crippen LogP contribution < -0.4 is 4.90 Å². The molecule has 7 aromatic carbocycles. The van der Waals surface area contributed by atoms with E-state index in [9.17, 15) is 0 Å². The molecule has 0 spiro atoms. The largest absolute Gasteiger partial charge is 0.436 e. The summed E-state index contributed by atoms with van der Waals surface area (Å²) >= 11 is 0. The maximum Gasteiger partial charge on any atom is 0.227 e. The summed E-state index contributed by atoms with van der Waals surface area (Å²) in [6.07, 6.45) is 0. The van der Waals surface area contributed by atoms with Crippen LogP contribution in [0.2, 0.25) is 0 Å². The predicted molar refractivity (Wildman–Crippen MR) is 191 cm³/mol. The zero-order valence-corrected chi connectivity index (χ0v) is 25.6. The standard InChI is InChI=1S/C44H30N2O/c1-5-15-31(16-6-1)43-45-41-28-26-36(30-42(41)47-43)46(34-21-11-4-12-22-34)35-25-27-38-37-23-13-14-24-39(37)44(40(38)29-35,32-17-7-2-8-18-32)33-19-9-3-10-20-33/h1-30H. The zero-order valence-electron chi connectivity index (χ0n) is 25.6. The second-order valence-electron chi connectivity index (χ2n) is 12.0. The number of anilines is 3. The molecule has 0 saturated carbocycles. The highest BCUT2D eigenvalue weighted by Crippen LogP contribution is 2.57. The van der Waals surface area contributed by atoms with E-state index in [1.807, 2.05) is 30.3 Å². The van der Waals surface area contributed by atoms with Gasteiger partial charge in [0.1, 0.15) is 5.52 Å². The minimum atomic E-state index is -0.480. The summed E-state index contributed by atoms with van der Waals surface area (Å²) in [6.45, 7) is 0. The molecule has 1 aliphatic carbocycles. The molecule has 1 heterocycles. The van der Waals surface area contributed by atoms with Crippen LogP contribution in [-0.4, -0.2) is 4.98 Å². The van der Waals surface area contributed by atoms with Crippen LogP contribution in [0.1, 0.15) is 22.3 Å². The van der Waals surface area contributed by atoms with Gasteiger partial charge in [-0.25, -0.2) is 4.98 Å². The van der Waals surface area contributed by atoms with Crippen molar-refractivity contribution in [3.8, 4) is 22.6 Å². The van der Waals surface area contributed by atoms with Crippen molar-refractivity contribution in [2.45, 2.75) is 5.41 Å². The van der Waals surface area contributed by atoms with Gasteiger partial charge in [-0.1, -0.05) is 127 Å². The van der Waals surface area contributed by atoms with Gasteiger partial charge in [0.25, 0.3) is 0 Å². The maximum atomic E-state index is 6.34. The molecule has 0 fully saturated rings. The first-order valence-electron chi connectivity index (χ1n) is 16.0. The van der Waals surface area contributed by atoms with Gasteiger partial charge in [-0.15, -0.1) is 0 Å². The van der Waals surface area contributed by atoms with Crippen LogP contribution in [0.25, 0.3) is 33.7 Å². The zero-order chi connectivity index (χ0) is 31.2. The highest BCUT2D eigenvalue weighted by atomic mass is 16.3. The van der Waals surface area contributed by atoms with Gasteiger partial charge >= 0.3 is 0 Å². The molecule has 8 aromatic rings. The van der Waals surface area contributed by atoms with Gasteiger partial charge in [-0.2, -0.15) is 0 Å². The molecular formula is C44H30N2O. The van der Waals surface area contributed by atoms with Gasteiger partial charge in [0.2, 0.25) is 5.89 Å². The SMILES string of the molecule is c1ccc(-c2nc3ccc(N(c4ccccc4)c4ccc5c(c4)C(c4ccccc4)(c4ccccc4)c4ccccc4-5)cc3o2)cc1. The molecule has 0 aliphatic heterocycles. The Kier molecular flexibility index (Phi) is 6.36. The molecule has 0 saturated heterocycles. The Balaban J connectivity index is 1.28. The maximum absolute atomic E-state index is 6.34. The van der Waals surface area contributed by atoms with E-state index in [0.717, 1.165) is 33.7 Å². The molecule has 1 aromatic heterocycles. The van der Waals surface area contributed by atoms with Crippen molar-refractivity contribution < 1.29 is 4.42 Å². The van der Waals surface area contributed by atoms with Crippen LogP contribution in [0.15, 0.2) is 186 Å². The van der Waals surface area contributed by atoms with Crippen LogP contribution in [0.3, 0.4) is 0 Å². The first kappa shape index (κ1) is 27.1. The van der Waals surface area contributed by atoms with Crippen LogP contribution in [0.5, 0.6) is 0 Å². The van der Waals surface area contributed by atoms with E-state index in [0.29, 0.717) is 5.89 Å². The minimum Gasteiger partial charge on any atom is -0.436 e. The van der Waals surface area contributed by atoms with Gasteiger partial charge in [-0.05, 0) is 81.9 Å². The van der Waals surface area contributed by atoms with Crippen molar-refractivity contribution in [1.82, 2.24) is 4.98 Å². The topological polar surface area (TPSA) is 29.3 Å². The second kappa shape index (κ2) is 11.0. The fourth-order valence-electron chi connectivity index (χ4n) is 7.35. The third-order valence-corrected chi connectivity index (χ3v) is 9.37. The lowest BCUT2D eigenvalue weighted by Crippen LogP contribution is -2.28. The van der Waals surface area contributed by atoms with E-state index in [2.05, 4.69) is 157 Å². The first-order valence-corrected chi connectivity index (χ1v) is 16.0. The summed E-state index contributed by atoms with van der Waals surface area (Å²) in [5.74, 6) is 0.620. The molecule has 3 heteroatoms. The van der Waals surface area contributed by atoms with Crippen molar-refractivity contribution >= 4 is 28.2 Å². The number of fused-ring (bicyclic) bond motifs is 4. The monoisotopic (exact) mass is 602 g/mol. The lowest BCUT2D eigenvalue weighted by Gasteiger charge is -2.34. The van der Waals surface area contributed by atoms with Crippen molar-refractivity contribution in [2.24, 2.45) is 0 Å². The highest BCUT2D eigenvalue weighted by molar-refractivity contribution is 5.90. The number of hydrogen-bond donors (Lipinski definition) is 0. The van der Waals surface area contributed by atoms with E-state index >= 15 is 0 Å². The van der Waals surface area contributed by atoms with E-state index < -0.39 is 5.41 Å². The van der Waals surface area contributed by atoms with Crippen molar-refractivity contribution in [2.75, 3.05) is 4.90 Å². The molecule has 3 nitrogen and oxygen atoms in total. The molecule has 222 valence electrons. The van der Waals surface area contributed by atoms with Crippen LogP contribution in [-0.2, 0) is 5.41 Å². The number of hydrogen-bond acceptors (Lipinski definition) is 3. The Bertz CT molecular complexity index is 2310.